The highest BCUT2D eigenvalue weighted by Crippen LogP contribution is 2.15. The molecule has 0 saturated carbocycles. The number of hydrogen-bond acceptors (Lipinski definition) is 5. The fourth-order valence-corrected chi connectivity index (χ4v) is 2.95. The highest BCUT2D eigenvalue weighted by atomic mass is 16.5. The second-order valence-corrected chi connectivity index (χ2v) is 6.18. The maximum Gasteiger partial charge on any atom is 0.254 e. The second-order valence-electron chi connectivity index (χ2n) is 6.18. The summed E-state index contributed by atoms with van der Waals surface area (Å²) in [6, 6.07) is 7.85. The summed E-state index contributed by atoms with van der Waals surface area (Å²) in [6.45, 7) is 2.54. The average Bonchev–Trinajstić information content (AvgIpc) is 2.69. The van der Waals surface area contributed by atoms with Gasteiger partial charge in [0.05, 0.1) is 12.7 Å². The van der Waals surface area contributed by atoms with Gasteiger partial charge in [-0.3, -0.25) is 4.79 Å². The quantitative estimate of drug-likeness (QED) is 0.875. The molecule has 6 nitrogen and oxygen atoms in total. The lowest BCUT2D eigenvalue weighted by Gasteiger charge is -2.26. The van der Waals surface area contributed by atoms with E-state index in [1.165, 1.54) is 19.3 Å². The lowest BCUT2D eigenvalue weighted by molar-refractivity contribution is 0.0953. The van der Waals surface area contributed by atoms with Crippen LogP contribution in [0.5, 0.6) is 5.75 Å². The Kier molecular flexibility index (Phi) is 5.82. The number of piperidine rings is 1. The summed E-state index contributed by atoms with van der Waals surface area (Å²) in [5.74, 6) is 1.39. The van der Waals surface area contributed by atoms with Crippen molar-refractivity contribution in [3.05, 3.63) is 47.8 Å². The zero-order chi connectivity index (χ0) is 17.5. The van der Waals surface area contributed by atoms with Crippen LogP contribution in [0.2, 0.25) is 0 Å². The maximum absolute atomic E-state index is 12.2. The van der Waals surface area contributed by atoms with E-state index in [-0.39, 0.29) is 5.91 Å². The van der Waals surface area contributed by atoms with Crippen LogP contribution in [0.3, 0.4) is 0 Å². The fourth-order valence-electron chi connectivity index (χ4n) is 2.95. The molecule has 0 spiro atoms. The summed E-state index contributed by atoms with van der Waals surface area (Å²) >= 11 is 0. The zero-order valence-corrected chi connectivity index (χ0v) is 14.6. The predicted octanol–water partition coefficient (Wildman–Crippen LogP) is 2.45. The topological polar surface area (TPSA) is 67.3 Å². The van der Waals surface area contributed by atoms with Crippen molar-refractivity contribution in [2.75, 3.05) is 31.6 Å². The van der Waals surface area contributed by atoms with Gasteiger partial charge in [0, 0.05) is 32.0 Å². The predicted molar refractivity (Wildman–Crippen MR) is 97.1 cm³/mol. The van der Waals surface area contributed by atoms with Crippen molar-refractivity contribution < 1.29 is 9.53 Å². The molecule has 3 rings (SSSR count). The van der Waals surface area contributed by atoms with Crippen molar-refractivity contribution in [2.45, 2.75) is 25.7 Å². The number of ether oxygens (including phenoxy) is 1. The van der Waals surface area contributed by atoms with Crippen LogP contribution in [-0.2, 0) is 6.42 Å². The van der Waals surface area contributed by atoms with Crippen molar-refractivity contribution >= 4 is 11.9 Å². The Balaban J connectivity index is 1.50. The first kappa shape index (κ1) is 17.2. The van der Waals surface area contributed by atoms with Gasteiger partial charge >= 0.3 is 0 Å². The van der Waals surface area contributed by atoms with Gasteiger partial charge in [-0.05, 0) is 43.4 Å². The molecule has 1 aromatic carbocycles. The molecule has 1 N–H and O–H groups in total. The molecule has 132 valence electrons. The van der Waals surface area contributed by atoms with E-state index in [0.29, 0.717) is 18.1 Å². The van der Waals surface area contributed by atoms with Crippen molar-refractivity contribution in [1.82, 2.24) is 15.3 Å². The van der Waals surface area contributed by atoms with Crippen LogP contribution in [0.4, 0.5) is 5.95 Å². The average molecular weight is 340 g/mol. The standard InChI is InChI=1S/C19H24N4O2/c1-25-17-7-5-6-15(12-17)8-9-20-18(24)16-13-21-19(22-14-16)23-10-3-2-4-11-23/h5-7,12-14H,2-4,8-11H2,1H3,(H,20,24). The van der Waals surface area contributed by atoms with Gasteiger partial charge in [-0.1, -0.05) is 12.1 Å². The highest BCUT2D eigenvalue weighted by Gasteiger charge is 2.14. The number of carbonyl (C=O) groups excluding carboxylic acids is 1. The highest BCUT2D eigenvalue weighted by molar-refractivity contribution is 5.93. The molecule has 2 heterocycles. The Morgan fingerprint density at radius 3 is 2.68 bits per heavy atom. The summed E-state index contributed by atoms with van der Waals surface area (Å²) in [7, 11) is 1.65. The van der Waals surface area contributed by atoms with Gasteiger partial charge in [-0.25, -0.2) is 9.97 Å². The molecule has 25 heavy (non-hydrogen) atoms. The summed E-state index contributed by atoms with van der Waals surface area (Å²) in [4.78, 5) is 23.1. The molecular formula is C19H24N4O2. The van der Waals surface area contributed by atoms with Gasteiger partial charge in [-0.15, -0.1) is 0 Å². The number of hydrogen-bond donors (Lipinski definition) is 1. The molecule has 0 aliphatic carbocycles. The molecule has 6 heteroatoms. The van der Waals surface area contributed by atoms with Gasteiger partial charge in [-0.2, -0.15) is 0 Å². The van der Waals surface area contributed by atoms with Crippen LogP contribution < -0.4 is 15.0 Å². The molecular weight excluding hydrogens is 316 g/mol. The second kappa shape index (κ2) is 8.46. The molecule has 0 atom stereocenters. The van der Waals surface area contributed by atoms with E-state index in [4.69, 9.17) is 4.74 Å². The molecule has 0 bridgehead atoms. The van der Waals surface area contributed by atoms with Gasteiger partial charge in [0.15, 0.2) is 0 Å². The first-order valence-corrected chi connectivity index (χ1v) is 8.74. The molecule has 1 aliphatic heterocycles. The normalized spacial score (nSPS) is 14.2. The molecule has 1 amide bonds. The van der Waals surface area contributed by atoms with Crippen LogP contribution >= 0.6 is 0 Å². The summed E-state index contributed by atoms with van der Waals surface area (Å²) in [5, 5.41) is 2.91. The first-order valence-electron chi connectivity index (χ1n) is 8.74. The van der Waals surface area contributed by atoms with Gasteiger partial charge in [0.25, 0.3) is 5.91 Å². The maximum atomic E-state index is 12.2. The molecule has 1 fully saturated rings. The van der Waals surface area contributed by atoms with Crippen molar-refractivity contribution in [2.24, 2.45) is 0 Å². The van der Waals surface area contributed by atoms with Crippen LogP contribution in [-0.4, -0.2) is 42.6 Å². The first-order chi connectivity index (χ1) is 12.3. The third-order valence-electron chi connectivity index (χ3n) is 4.37. The minimum atomic E-state index is -0.145. The van der Waals surface area contributed by atoms with E-state index in [0.717, 1.165) is 30.8 Å². The molecule has 0 radical (unpaired) electrons. The molecule has 2 aromatic rings. The number of nitrogens with one attached hydrogen (secondary N) is 1. The fraction of sp³-hybridized carbons (Fsp3) is 0.421. The SMILES string of the molecule is COc1cccc(CCNC(=O)c2cnc(N3CCCCC3)nc2)c1. The summed E-state index contributed by atoms with van der Waals surface area (Å²) < 4.78 is 5.20. The molecule has 1 saturated heterocycles. The minimum absolute atomic E-state index is 0.145. The van der Waals surface area contributed by atoms with E-state index in [1.807, 2.05) is 24.3 Å². The molecule has 0 unspecified atom stereocenters. The van der Waals surface area contributed by atoms with Crippen LogP contribution in [0.1, 0.15) is 35.2 Å². The smallest absolute Gasteiger partial charge is 0.254 e. The molecule has 1 aliphatic rings. The summed E-state index contributed by atoms with van der Waals surface area (Å²) in [6.07, 6.45) is 7.58. The van der Waals surface area contributed by atoms with Gasteiger partial charge in [0.1, 0.15) is 5.75 Å². The number of nitrogens with zero attached hydrogens (tertiary/aromatic N) is 3. The van der Waals surface area contributed by atoms with E-state index in [2.05, 4.69) is 20.2 Å². The van der Waals surface area contributed by atoms with Crippen molar-refractivity contribution in [3.63, 3.8) is 0 Å². The number of benzene rings is 1. The van der Waals surface area contributed by atoms with Crippen molar-refractivity contribution in [1.29, 1.82) is 0 Å². The van der Waals surface area contributed by atoms with Crippen LogP contribution in [0, 0.1) is 0 Å². The Morgan fingerprint density at radius 2 is 1.96 bits per heavy atom. The monoisotopic (exact) mass is 340 g/mol. The lowest BCUT2D eigenvalue weighted by Crippen LogP contribution is -2.31. The zero-order valence-electron chi connectivity index (χ0n) is 14.6. The van der Waals surface area contributed by atoms with E-state index >= 15 is 0 Å². The minimum Gasteiger partial charge on any atom is -0.497 e. The van der Waals surface area contributed by atoms with Crippen LogP contribution in [0.25, 0.3) is 0 Å². The number of anilines is 1. The Hall–Kier alpha value is -2.63. The third kappa shape index (κ3) is 4.68. The van der Waals surface area contributed by atoms with Crippen molar-refractivity contribution in [3.8, 4) is 5.75 Å². The Bertz CT molecular complexity index is 697. The number of amides is 1. The number of rotatable bonds is 6. The van der Waals surface area contributed by atoms with E-state index in [1.54, 1.807) is 19.5 Å². The Labute approximate surface area is 148 Å². The summed E-state index contributed by atoms with van der Waals surface area (Å²) in [5.41, 5.74) is 1.61. The van der Waals surface area contributed by atoms with E-state index < -0.39 is 0 Å². The number of methoxy groups -OCH3 is 1. The lowest BCUT2D eigenvalue weighted by atomic mass is 10.1. The number of carbonyl (C=O) groups is 1. The Morgan fingerprint density at radius 1 is 1.20 bits per heavy atom. The van der Waals surface area contributed by atoms with E-state index in [9.17, 15) is 4.79 Å². The molecule has 1 aromatic heterocycles. The van der Waals surface area contributed by atoms with Crippen LogP contribution in [0.15, 0.2) is 36.7 Å². The third-order valence-corrected chi connectivity index (χ3v) is 4.37. The van der Waals surface area contributed by atoms with Gasteiger partial charge < -0.3 is 15.0 Å². The van der Waals surface area contributed by atoms with Gasteiger partial charge in [0.2, 0.25) is 5.95 Å². The number of aromatic nitrogens is 2. The largest absolute Gasteiger partial charge is 0.497 e.